The number of ether oxygens (including phenoxy) is 5. The quantitative estimate of drug-likeness (QED) is 0.163. The first-order valence-electron chi connectivity index (χ1n) is 18.7. The molecule has 0 radical (unpaired) electrons. The Morgan fingerprint density at radius 1 is 0.855 bits per heavy atom. The fourth-order valence-corrected chi connectivity index (χ4v) is 9.18. The summed E-state index contributed by atoms with van der Waals surface area (Å²) in [6.07, 6.45) is -5.39. The van der Waals surface area contributed by atoms with Crippen molar-refractivity contribution in [2.24, 2.45) is 16.7 Å². The molecular weight excluding hydrogens is 706 g/mol. The summed E-state index contributed by atoms with van der Waals surface area (Å²) < 4.78 is 30.8. The first-order valence-corrected chi connectivity index (χ1v) is 18.7. The van der Waals surface area contributed by atoms with Gasteiger partial charge in [-0.05, 0) is 74.6 Å². The molecule has 3 aliphatic carbocycles. The lowest BCUT2D eigenvalue weighted by molar-refractivity contribution is -0.198. The predicted octanol–water partition coefficient (Wildman–Crippen LogP) is 5.73. The molecule has 0 spiro atoms. The van der Waals surface area contributed by atoms with Gasteiger partial charge in [0, 0.05) is 45.1 Å². The fourth-order valence-electron chi connectivity index (χ4n) is 9.18. The van der Waals surface area contributed by atoms with Gasteiger partial charge in [-0.2, -0.15) is 0 Å². The van der Waals surface area contributed by atoms with Crippen LogP contribution < -0.4 is 5.32 Å². The molecule has 0 aromatic heterocycles. The van der Waals surface area contributed by atoms with Gasteiger partial charge in [-0.3, -0.25) is 19.2 Å². The summed E-state index contributed by atoms with van der Waals surface area (Å²) in [5.41, 5.74) is -1.70. The van der Waals surface area contributed by atoms with Gasteiger partial charge in [-0.25, -0.2) is 4.79 Å². The predicted molar refractivity (Wildman–Crippen MR) is 201 cm³/mol. The molecule has 2 saturated carbocycles. The Hall–Kier alpha value is -4.81. The smallest absolute Gasteiger partial charge is 0.338 e. The Morgan fingerprint density at radius 2 is 1.44 bits per heavy atom. The topological polar surface area (TPSA) is 164 Å². The minimum Gasteiger partial charge on any atom is -0.462 e. The molecule has 5 rings (SSSR count). The third kappa shape index (κ3) is 8.11. The maximum atomic E-state index is 14.0. The van der Waals surface area contributed by atoms with Crippen molar-refractivity contribution < 1.29 is 52.8 Å². The van der Waals surface area contributed by atoms with Gasteiger partial charge < -0.3 is 34.1 Å². The van der Waals surface area contributed by atoms with Crippen LogP contribution in [0.3, 0.4) is 0 Å². The van der Waals surface area contributed by atoms with Crippen LogP contribution in [0.2, 0.25) is 0 Å². The van der Waals surface area contributed by atoms with Crippen LogP contribution in [0.25, 0.3) is 0 Å². The third-order valence-corrected chi connectivity index (χ3v) is 11.9. The number of hydrogen-bond donors (Lipinski definition) is 2. The largest absolute Gasteiger partial charge is 0.462 e. The highest BCUT2D eigenvalue weighted by molar-refractivity contribution is 5.89. The van der Waals surface area contributed by atoms with E-state index in [1.807, 2.05) is 30.3 Å². The number of carbonyl (C=O) groups is 5. The molecule has 3 aliphatic rings. The summed E-state index contributed by atoms with van der Waals surface area (Å²) >= 11 is 0. The van der Waals surface area contributed by atoms with Gasteiger partial charge in [0.05, 0.1) is 23.0 Å². The summed E-state index contributed by atoms with van der Waals surface area (Å²) in [4.78, 5) is 66.3. The zero-order valence-electron chi connectivity index (χ0n) is 32.9. The summed E-state index contributed by atoms with van der Waals surface area (Å²) in [5.74, 6) is -3.92. The van der Waals surface area contributed by atoms with Crippen molar-refractivity contribution in [1.29, 1.82) is 0 Å². The Labute approximate surface area is 322 Å². The summed E-state index contributed by atoms with van der Waals surface area (Å²) in [6.45, 7) is 15.1. The van der Waals surface area contributed by atoms with Gasteiger partial charge in [0.2, 0.25) is 0 Å². The number of aliphatic hydroxyl groups is 1. The molecule has 12 heteroatoms. The number of rotatable bonds is 11. The van der Waals surface area contributed by atoms with E-state index >= 15 is 0 Å². The molecule has 0 saturated heterocycles. The number of carbonyl (C=O) groups excluding carboxylic acids is 5. The number of hydrogen-bond acceptors (Lipinski definition) is 12. The Morgan fingerprint density at radius 3 is 1.98 bits per heavy atom. The van der Waals surface area contributed by atoms with Crippen molar-refractivity contribution in [3.63, 3.8) is 0 Å². The van der Waals surface area contributed by atoms with Crippen LogP contribution in [0.15, 0.2) is 84.0 Å². The van der Waals surface area contributed by atoms with Crippen LogP contribution in [0.1, 0.15) is 96.1 Å². The van der Waals surface area contributed by atoms with Gasteiger partial charge in [0.25, 0.3) is 0 Å². The van der Waals surface area contributed by atoms with Crippen LogP contribution in [0.5, 0.6) is 0 Å². The van der Waals surface area contributed by atoms with Gasteiger partial charge in [-0.1, -0.05) is 62.0 Å². The molecule has 0 heterocycles. The zero-order valence-corrected chi connectivity index (χ0v) is 32.9. The van der Waals surface area contributed by atoms with Gasteiger partial charge in [-0.15, -0.1) is 0 Å². The number of esters is 5. The molecule has 55 heavy (non-hydrogen) atoms. The molecule has 2 N–H and O–H groups in total. The van der Waals surface area contributed by atoms with Crippen molar-refractivity contribution in [1.82, 2.24) is 5.32 Å². The third-order valence-electron chi connectivity index (χ3n) is 11.9. The molecule has 9 atom stereocenters. The fraction of sp³-hybridized carbons (Fsp3) is 0.512. The maximum absolute atomic E-state index is 14.0. The zero-order chi connectivity index (χ0) is 40.5. The number of nitrogens with one attached hydrogen (secondary N) is 1. The van der Waals surface area contributed by atoms with Crippen LogP contribution in [0.4, 0.5) is 0 Å². The van der Waals surface area contributed by atoms with Crippen molar-refractivity contribution in [2.45, 2.75) is 116 Å². The van der Waals surface area contributed by atoms with Gasteiger partial charge in [0.1, 0.15) is 18.3 Å². The average molecular weight is 760 g/mol. The molecule has 296 valence electrons. The molecule has 12 nitrogen and oxygen atoms in total. The lowest BCUT2D eigenvalue weighted by atomic mass is 9.56. The van der Waals surface area contributed by atoms with Crippen molar-refractivity contribution >= 4 is 29.8 Å². The molecule has 0 amide bonds. The number of fused-ring (bicyclic) bond motifs is 2. The molecule has 2 fully saturated rings. The van der Waals surface area contributed by atoms with Gasteiger partial charge in [0.15, 0.2) is 12.2 Å². The average Bonchev–Trinajstić information content (AvgIpc) is 3.35. The lowest BCUT2D eigenvalue weighted by Crippen LogP contribution is -2.60. The molecule has 0 bridgehead atoms. The summed E-state index contributed by atoms with van der Waals surface area (Å²) in [7, 11) is 1.75. The normalized spacial score (nSPS) is 29.5. The first-order chi connectivity index (χ1) is 25.8. The van der Waals surface area contributed by atoms with Crippen LogP contribution in [0, 0.1) is 16.7 Å². The SMILES string of the molecule is C=C1[C@H]2C[C@]3(C(C)(C)O)C[C@H](OC(C)=O)C(C)=C3[C@@H](OC(=O)c3ccccc3)[C@@H](OC(C)=O)[C@]2(C)[C@H](OC(C)=O)C[C@H]1OC(=O)C[C@H](NC)c1ccccc1. The minimum atomic E-state index is -1.57. The molecular formula is C43H53NO11. The maximum Gasteiger partial charge on any atom is 0.338 e. The van der Waals surface area contributed by atoms with E-state index < -0.39 is 82.7 Å². The van der Waals surface area contributed by atoms with E-state index in [9.17, 15) is 29.1 Å². The Bertz CT molecular complexity index is 1830. The standard InChI is InChI=1S/C43H53NO11/c1-24-31-22-43(41(6,7)50)23-34(51-26(3)45)25(2)37(43)38(55-40(49)30-18-14-11-15-19-30)39(53-28(5)47)42(31,8)35(52-27(4)46)21-33(24)54-36(48)20-32(44-9)29-16-12-10-13-17-29/h10-19,31-35,38-39,44,50H,1,20-23H2,2-9H3/t31-,32+,33-,34+,35-,38-,39-,42+,43+/m1/s1. The highest BCUT2D eigenvalue weighted by Crippen LogP contribution is 2.65. The first kappa shape index (κ1) is 41.4. The van der Waals surface area contributed by atoms with Crippen LogP contribution in [-0.4, -0.2) is 78.1 Å². The van der Waals surface area contributed by atoms with E-state index in [0.717, 1.165) is 5.56 Å². The Kier molecular flexibility index (Phi) is 12.1. The van der Waals surface area contributed by atoms with Crippen molar-refractivity contribution in [3.05, 3.63) is 95.1 Å². The highest BCUT2D eigenvalue weighted by atomic mass is 16.6. The summed E-state index contributed by atoms with van der Waals surface area (Å²) in [5, 5.41) is 15.5. The second kappa shape index (κ2) is 16.1. The second-order valence-electron chi connectivity index (χ2n) is 15.7. The van der Waals surface area contributed by atoms with Crippen LogP contribution >= 0.6 is 0 Å². The van der Waals surface area contributed by atoms with Gasteiger partial charge >= 0.3 is 29.8 Å². The highest BCUT2D eigenvalue weighted by Gasteiger charge is 2.69. The van der Waals surface area contributed by atoms with E-state index in [1.165, 1.54) is 20.8 Å². The molecule has 0 unspecified atom stereocenters. The van der Waals surface area contributed by atoms with E-state index in [0.29, 0.717) is 16.7 Å². The van der Waals surface area contributed by atoms with E-state index in [2.05, 4.69) is 11.9 Å². The van der Waals surface area contributed by atoms with Crippen LogP contribution in [-0.2, 0) is 42.9 Å². The molecule has 2 aromatic rings. The number of benzene rings is 2. The van der Waals surface area contributed by atoms with E-state index in [-0.39, 0.29) is 37.3 Å². The van der Waals surface area contributed by atoms with Crippen molar-refractivity contribution in [2.75, 3.05) is 7.05 Å². The van der Waals surface area contributed by atoms with E-state index in [1.54, 1.807) is 65.1 Å². The summed E-state index contributed by atoms with van der Waals surface area (Å²) in [6, 6.07) is 17.4. The van der Waals surface area contributed by atoms with Crippen molar-refractivity contribution in [3.8, 4) is 0 Å². The lowest BCUT2D eigenvalue weighted by Gasteiger charge is -2.53. The van der Waals surface area contributed by atoms with E-state index in [4.69, 9.17) is 23.7 Å². The molecule has 2 aromatic carbocycles. The molecule has 0 aliphatic heterocycles. The Balaban J connectivity index is 1.70. The minimum absolute atomic E-state index is 0.0121. The monoisotopic (exact) mass is 759 g/mol. The second-order valence-corrected chi connectivity index (χ2v) is 15.7.